The number of ether oxygens (including phenoxy) is 4. The van der Waals surface area contributed by atoms with Crippen molar-refractivity contribution in [1.82, 2.24) is 4.98 Å². The molecule has 256 valence electrons. The molecule has 0 amide bonds. The van der Waals surface area contributed by atoms with Gasteiger partial charge in [-0.05, 0) is 128 Å². The second-order valence-electron chi connectivity index (χ2n) is 14.6. The van der Waals surface area contributed by atoms with E-state index in [1.807, 2.05) is 36.5 Å². The SMILES string of the molecule is COC(=O)C1(Nc2cccc(Cl)c2)CCC2(CC1)c1cc3c(cc1C[C@@H]2C[C@@H](C)COc1ccnc2c1[C@H](C)CCC2)OCC(O)CO3. The van der Waals surface area contributed by atoms with E-state index < -0.39 is 11.6 Å². The predicted octanol–water partition coefficient (Wildman–Crippen LogP) is 7.42. The van der Waals surface area contributed by atoms with Gasteiger partial charge >= 0.3 is 5.97 Å². The van der Waals surface area contributed by atoms with E-state index in [0.717, 1.165) is 43.5 Å². The summed E-state index contributed by atoms with van der Waals surface area (Å²) >= 11 is 6.32. The number of hydrogen-bond donors (Lipinski definition) is 2. The fourth-order valence-corrected chi connectivity index (χ4v) is 9.13. The molecule has 2 aromatic carbocycles. The summed E-state index contributed by atoms with van der Waals surface area (Å²) in [5, 5.41) is 14.4. The maximum atomic E-state index is 13.5. The molecular weight excluding hydrogens is 628 g/mol. The van der Waals surface area contributed by atoms with E-state index in [9.17, 15) is 9.90 Å². The summed E-state index contributed by atoms with van der Waals surface area (Å²) in [5.74, 6) is 3.21. The number of aryl methyl sites for hydroxylation is 1. The normalized spacial score (nSPS) is 28.1. The molecule has 1 aliphatic heterocycles. The lowest BCUT2D eigenvalue weighted by Gasteiger charge is -2.47. The minimum Gasteiger partial charge on any atom is -0.493 e. The summed E-state index contributed by atoms with van der Waals surface area (Å²) in [4.78, 5) is 18.2. The number of pyridine rings is 1. The number of aromatic nitrogens is 1. The van der Waals surface area contributed by atoms with E-state index in [0.29, 0.717) is 53.7 Å². The number of methoxy groups -OCH3 is 1. The first-order chi connectivity index (χ1) is 23.2. The Morgan fingerprint density at radius 1 is 1.12 bits per heavy atom. The number of nitrogens with one attached hydrogen (secondary N) is 1. The van der Waals surface area contributed by atoms with Gasteiger partial charge in [-0.3, -0.25) is 4.98 Å². The van der Waals surface area contributed by atoms with Gasteiger partial charge in [0.15, 0.2) is 11.5 Å². The Hall–Kier alpha value is -3.49. The van der Waals surface area contributed by atoms with Gasteiger partial charge in [-0.2, -0.15) is 0 Å². The average Bonchev–Trinajstić information content (AvgIpc) is 3.22. The van der Waals surface area contributed by atoms with Crippen molar-refractivity contribution in [3.05, 3.63) is 76.1 Å². The molecular formula is C39H47ClN2O6. The molecule has 0 saturated heterocycles. The number of hydrogen-bond acceptors (Lipinski definition) is 8. The highest BCUT2D eigenvalue weighted by atomic mass is 35.5. The van der Waals surface area contributed by atoms with Gasteiger partial charge in [-0.15, -0.1) is 0 Å². The third-order valence-corrected chi connectivity index (χ3v) is 11.6. The number of aliphatic hydroxyl groups excluding tert-OH is 1. The summed E-state index contributed by atoms with van der Waals surface area (Å²) in [6, 6.07) is 13.8. The van der Waals surface area contributed by atoms with E-state index in [4.69, 9.17) is 30.5 Å². The molecule has 48 heavy (non-hydrogen) atoms. The van der Waals surface area contributed by atoms with Crippen molar-refractivity contribution in [1.29, 1.82) is 0 Å². The Bertz CT molecular complexity index is 1650. The van der Waals surface area contributed by atoms with Crippen LogP contribution in [0.5, 0.6) is 17.2 Å². The first-order valence-corrected chi connectivity index (χ1v) is 17.9. The number of aliphatic hydroxyl groups is 1. The topological polar surface area (TPSA) is 99.1 Å². The molecule has 1 aromatic heterocycles. The second kappa shape index (κ2) is 13.4. The van der Waals surface area contributed by atoms with Crippen molar-refractivity contribution in [2.24, 2.45) is 11.8 Å². The highest BCUT2D eigenvalue weighted by Crippen LogP contribution is 2.58. The third-order valence-electron chi connectivity index (χ3n) is 11.4. The van der Waals surface area contributed by atoms with Crippen molar-refractivity contribution in [3.8, 4) is 17.2 Å². The molecule has 1 fully saturated rings. The van der Waals surface area contributed by atoms with Gasteiger partial charge in [0.1, 0.15) is 30.6 Å². The van der Waals surface area contributed by atoms with Gasteiger partial charge in [0.2, 0.25) is 0 Å². The van der Waals surface area contributed by atoms with Gasteiger partial charge in [-0.25, -0.2) is 4.79 Å². The van der Waals surface area contributed by atoms with Crippen molar-refractivity contribution in [2.45, 2.75) is 94.6 Å². The maximum Gasteiger partial charge on any atom is 0.331 e. The van der Waals surface area contributed by atoms with Crippen molar-refractivity contribution in [2.75, 3.05) is 32.2 Å². The van der Waals surface area contributed by atoms with E-state index in [-0.39, 0.29) is 24.6 Å². The first kappa shape index (κ1) is 33.0. The molecule has 8 nitrogen and oxygen atoms in total. The Kier molecular flexibility index (Phi) is 9.24. The summed E-state index contributed by atoms with van der Waals surface area (Å²) in [7, 11) is 1.46. The number of rotatable bonds is 8. The Balaban J connectivity index is 1.16. The van der Waals surface area contributed by atoms with E-state index in [1.165, 1.54) is 42.3 Å². The standard InChI is InChI=1S/C39H47ClN2O6/c1-24(21-46-33-10-15-41-32-9-4-6-25(2)36(32)33)16-27-17-26-18-34-35(48-23-30(43)22-47-34)20-31(26)38(27)11-13-39(14-12-38,37(44)45-3)42-29-8-5-7-28(40)19-29/h5,7-8,10,15,18-20,24-25,27,30,42-43H,4,6,9,11-14,16-17,21-23H2,1-3H3/t24-,25-,27+,30?,38?,39?/m1/s1. The molecule has 4 atom stereocenters. The zero-order valence-corrected chi connectivity index (χ0v) is 29.0. The highest BCUT2D eigenvalue weighted by molar-refractivity contribution is 6.30. The molecule has 9 heteroatoms. The fourth-order valence-electron chi connectivity index (χ4n) is 8.94. The molecule has 0 radical (unpaired) electrons. The van der Waals surface area contributed by atoms with Gasteiger partial charge in [0.25, 0.3) is 0 Å². The van der Waals surface area contributed by atoms with Gasteiger partial charge in [-0.1, -0.05) is 31.5 Å². The number of benzene rings is 2. The molecule has 1 unspecified atom stereocenters. The average molecular weight is 675 g/mol. The fraction of sp³-hybridized carbons (Fsp3) is 0.538. The smallest absolute Gasteiger partial charge is 0.331 e. The van der Waals surface area contributed by atoms with E-state index in [1.54, 1.807) is 0 Å². The lowest BCUT2D eigenvalue weighted by Crippen LogP contribution is -2.53. The number of nitrogens with zero attached hydrogens (tertiary/aromatic N) is 1. The van der Waals surface area contributed by atoms with Crippen LogP contribution < -0.4 is 19.5 Å². The summed E-state index contributed by atoms with van der Waals surface area (Å²) in [5.41, 5.74) is 4.79. The molecule has 2 heterocycles. The molecule has 7 rings (SSSR count). The first-order valence-electron chi connectivity index (χ1n) is 17.5. The molecule has 4 aliphatic rings. The highest BCUT2D eigenvalue weighted by Gasteiger charge is 2.55. The lowest BCUT2D eigenvalue weighted by molar-refractivity contribution is -0.148. The summed E-state index contributed by atoms with van der Waals surface area (Å²) in [6.45, 7) is 5.61. The van der Waals surface area contributed by atoms with Crippen LogP contribution in [-0.2, 0) is 27.8 Å². The number of fused-ring (bicyclic) bond motifs is 4. The minimum absolute atomic E-state index is 0.162. The summed E-state index contributed by atoms with van der Waals surface area (Å²) in [6.07, 6.45) is 9.31. The van der Waals surface area contributed by atoms with Crippen molar-refractivity contribution >= 4 is 23.3 Å². The quantitative estimate of drug-likeness (QED) is 0.238. The number of esters is 1. The number of anilines is 1. The minimum atomic E-state index is -0.862. The Morgan fingerprint density at radius 3 is 2.65 bits per heavy atom. The van der Waals surface area contributed by atoms with Crippen LogP contribution in [0.15, 0.2) is 48.7 Å². The molecule has 3 aliphatic carbocycles. The number of carbonyl (C=O) groups is 1. The Morgan fingerprint density at radius 2 is 1.90 bits per heavy atom. The number of halogens is 1. The molecule has 1 saturated carbocycles. The van der Waals surface area contributed by atoms with Crippen LogP contribution in [0.1, 0.15) is 87.1 Å². The van der Waals surface area contributed by atoms with Gasteiger partial charge < -0.3 is 29.4 Å². The molecule has 3 aromatic rings. The number of carbonyl (C=O) groups excluding carboxylic acids is 1. The van der Waals surface area contributed by atoms with Crippen molar-refractivity contribution in [3.63, 3.8) is 0 Å². The van der Waals surface area contributed by atoms with Gasteiger partial charge in [0.05, 0.1) is 13.7 Å². The molecule has 2 N–H and O–H groups in total. The third kappa shape index (κ3) is 6.22. The van der Waals surface area contributed by atoms with Crippen LogP contribution in [0.4, 0.5) is 5.69 Å². The monoisotopic (exact) mass is 674 g/mol. The zero-order valence-electron chi connectivity index (χ0n) is 28.2. The zero-order chi connectivity index (χ0) is 33.5. The van der Waals surface area contributed by atoms with Gasteiger partial charge in [0, 0.05) is 28.2 Å². The maximum absolute atomic E-state index is 13.5. The lowest BCUT2D eigenvalue weighted by atomic mass is 9.59. The van der Waals surface area contributed by atoms with E-state index >= 15 is 0 Å². The van der Waals surface area contributed by atoms with Crippen LogP contribution in [0.25, 0.3) is 0 Å². The van der Waals surface area contributed by atoms with Crippen LogP contribution >= 0.6 is 11.6 Å². The molecule has 1 spiro atoms. The van der Waals surface area contributed by atoms with E-state index in [2.05, 4.69) is 36.3 Å². The van der Waals surface area contributed by atoms with Crippen LogP contribution in [0.3, 0.4) is 0 Å². The largest absolute Gasteiger partial charge is 0.493 e. The second-order valence-corrected chi connectivity index (χ2v) is 15.0. The van der Waals surface area contributed by atoms with Crippen molar-refractivity contribution < 1.29 is 28.8 Å². The summed E-state index contributed by atoms with van der Waals surface area (Å²) < 4.78 is 24.0. The molecule has 0 bridgehead atoms. The Labute approximate surface area is 288 Å². The van der Waals surface area contributed by atoms with Crippen LogP contribution in [0.2, 0.25) is 5.02 Å². The van der Waals surface area contributed by atoms with Crippen LogP contribution in [-0.4, -0.2) is 54.6 Å². The predicted molar refractivity (Wildman–Crippen MR) is 185 cm³/mol. The van der Waals surface area contributed by atoms with Crippen LogP contribution in [0, 0.1) is 11.8 Å².